The number of hydrogen-bond acceptors (Lipinski definition) is 7. The van der Waals surface area contributed by atoms with Crippen molar-refractivity contribution in [1.29, 1.82) is 0 Å². The van der Waals surface area contributed by atoms with Crippen molar-refractivity contribution in [3.8, 4) is 0 Å². The van der Waals surface area contributed by atoms with Crippen LogP contribution in [0.4, 0.5) is 0 Å². The highest BCUT2D eigenvalue weighted by molar-refractivity contribution is 5.92. The number of carbonyl (C=O) groups is 3. The van der Waals surface area contributed by atoms with Crippen molar-refractivity contribution in [3.63, 3.8) is 0 Å². The molecule has 5 fully saturated rings. The van der Waals surface area contributed by atoms with Gasteiger partial charge in [0.05, 0.1) is 37.8 Å². The topological polar surface area (TPSA) is 92.0 Å². The first-order valence-electron chi connectivity index (χ1n) is 12.5. The van der Waals surface area contributed by atoms with Gasteiger partial charge in [-0.05, 0) is 36.7 Å². The first kappa shape index (κ1) is 22.3. The van der Waals surface area contributed by atoms with Crippen molar-refractivity contribution in [3.05, 3.63) is 24.2 Å². The van der Waals surface area contributed by atoms with Crippen LogP contribution in [0.2, 0.25) is 0 Å². The summed E-state index contributed by atoms with van der Waals surface area (Å²) in [5.41, 5.74) is -1.13. The zero-order chi connectivity index (χ0) is 24.3. The summed E-state index contributed by atoms with van der Waals surface area (Å²) in [5.74, 6) is -0.806. The maximum atomic E-state index is 14.0. The lowest BCUT2D eigenvalue weighted by Gasteiger charge is -2.64. The van der Waals surface area contributed by atoms with Crippen molar-refractivity contribution in [2.45, 2.75) is 77.6 Å². The molecule has 2 aliphatic heterocycles. The van der Waals surface area contributed by atoms with E-state index >= 15 is 0 Å². The highest BCUT2D eigenvalue weighted by atomic mass is 16.6. The van der Waals surface area contributed by atoms with Gasteiger partial charge < -0.3 is 18.6 Å². The number of rotatable bonds is 3. The molecule has 0 radical (unpaired) electrons. The number of furan rings is 1. The number of methoxy groups -OCH3 is 1. The van der Waals surface area contributed by atoms with E-state index < -0.39 is 17.1 Å². The summed E-state index contributed by atoms with van der Waals surface area (Å²) in [7, 11) is 1.40. The number of ether oxygens (including phenoxy) is 3. The summed E-state index contributed by atoms with van der Waals surface area (Å²) in [6, 6.07) is 1.87. The second-order valence-electron chi connectivity index (χ2n) is 12.4. The Morgan fingerprint density at radius 1 is 1.18 bits per heavy atom. The Balaban J connectivity index is 1.50. The maximum absolute atomic E-state index is 14.0. The van der Waals surface area contributed by atoms with Gasteiger partial charge in [-0.2, -0.15) is 0 Å². The molecular weight excluding hydrogens is 436 g/mol. The summed E-state index contributed by atoms with van der Waals surface area (Å²) in [5, 5.41) is 0. The number of Topliss-reactive ketones (excluding diaryl/α,β-unsaturated/α-hetero) is 1. The zero-order valence-electron chi connectivity index (χ0n) is 20.6. The maximum Gasteiger partial charge on any atom is 0.306 e. The lowest BCUT2D eigenvalue weighted by Crippen LogP contribution is -2.69. The monoisotopic (exact) mass is 470 g/mol. The van der Waals surface area contributed by atoms with Crippen molar-refractivity contribution in [2.75, 3.05) is 7.11 Å². The van der Waals surface area contributed by atoms with Gasteiger partial charge in [-0.15, -0.1) is 0 Å². The van der Waals surface area contributed by atoms with Gasteiger partial charge in [-0.25, -0.2) is 0 Å². The molecule has 34 heavy (non-hydrogen) atoms. The molecule has 2 saturated heterocycles. The summed E-state index contributed by atoms with van der Waals surface area (Å²) in [6.07, 6.45) is 5.32. The Hall–Kier alpha value is -2.15. The predicted octanol–water partition coefficient (Wildman–Crippen LogP) is 4.25. The molecule has 9 atom stereocenters. The van der Waals surface area contributed by atoms with Gasteiger partial charge in [0.2, 0.25) is 0 Å². The van der Waals surface area contributed by atoms with Crippen LogP contribution < -0.4 is 0 Å². The standard InChI is InChI=1S/C27H34O7/c1-24(2)17(10-19(28)31-5)26(4)16-6-8-25(3)18(27(16)12-15(21(26)30)23(24)34-27)11-20(29)33-22(25)14-7-9-32-13-14/h7,9,13,15-18,22-23H,6,8,10-12H2,1-5H3/t15-,16-,17+,18?,22-,23-,25-,26-,27+/m1/s1. The summed E-state index contributed by atoms with van der Waals surface area (Å²) in [4.78, 5) is 39.5. The van der Waals surface area contributed by atoms with Gasteiger partial charge in [0, 0.05) is 40.6 Å². The lowest BCUT2D eigenvalue weighted by atomic mass is 9.38. The van der Waals surface area contributed by atoms with E-state index in [4.69, 9.17) is 18.6 Å². The summed E-state index contributed by atoms with van der Waals surface area (Å²) < 4.78 is 23.5. The second kappa shape index (κ2) is 6.74. The summed E-state index contributed by atoms with van der Waals surface area (Å²) >= 11 is 0. The molecule has 3 aliphatic carbocycles. The molecule has 0 amide bonds. The van der Waals surface area contributed by atoms with Gasteiger partial charge in [-0.3, -0.25) is 14.4 Å². The number of ketones is 1. The SMILES string of the molecule is COC(=O)C[C@H]1C(C)(C)[C@@H]2O[C@@]34C[C@@H]2C(=O)[C@]1(C)[C@H]3CC[C@]1(C)C4CC(=O)O[C@@H]1c1ccoc1. The van der Waals surface area contributed by atoms with Gasteiger partial charge in [0.25, 0.3) is 0 Å². The van der Waals surface area contributed by atoms with Crippen LogP contribution in [-0.2, 0) is 28.6 Å². The van der Waals surface area contributed by atoms with E-state index in [0.717, 1.165) is 18.4 Å². The van der Waals surface area contributed by atoms with Crippen LogP contribution in [0.1, 0.15) is 71.5 Å². The first-order valence-corrected chi connectivity index (χ1v) is 12.5. The van der Waals surface area contributed by atoms with Crippen molar-refractivity contribution < 1.29 is 33.0 Å². The number of carbonyl (C=O) groups excluding carboxylic acids is 3. The molecule has 7 nitrogen and oxygen atoms in total. The number of hydrogen-bond donors (Lipinski definition) is 0. The fourth-order valence-electron chi connectivity index (χ4n) is 9.40. The third-order valence-corrected chi connectivity index (χ3v) is 10.8. The molecule has 0 N–H and O–H groups in total. The molecular formula is C27H34O7. The molecule has 7 heteroatoms. The van der Waals surface area contributed by atoms with Crippen LogP contribution in [0, 0.1) is 39.9 Å². The predicted molar refractivity (Wildman–Crippen MR) is 119 cm³/mol. The van der Waals surface area contributed by atoms with Crippen molar-refractivity contribution in [1.82, 2.24) is 0 Å². The van der Waals surface area contributed by atoms with E-state index in [1.807, 2.05) is 6.07 Å². The Morgan fingerprint density at radius 2 is 1.94 bits per heavy atom. The van der Waals surface area contributed by atoms with Crippen LogP contribution in [0.15, 0.2) is 23.0 Å². The Kier molecular flexibility index (Phi) is 4.43. The van der Waals surface area contributed by atoms with E-state index in [1.165, 1.54) is 7.11 Å². The van der Waals surface area contributed by atoms with E-state index in [1.54, 1.807) is 12.5 Å². The number of cyclic esters (lactones) is 1. The molecule has 1 aromatic heterocycles. The minimum Gasteiger partial charge on any atom is -0.472 e. The molecule has 3 saturated carbocycles. The lowest BCUT2D eigenvalue weighted by molar-refractivity contribution is -0.240. The molecule has 1 spiro atoms. The average Bonchev–Trinajstić information content (AvgIpc) is 3.43. The van der Waals surface area contributed by atoms with Crippen LogP contribution >= 0.6 is 0 Å². The quantitative estimate of drug-likeness (QED) is 0.610. The normalized spacial score (nSPS) is 48.1. The van der Waals surface area contributed by atoms with Crippen LogP contribution in [-0.4, -0.2) is 36.5 Å². The minimum absolute atomic E-state index is 0.0563. The molecule has 6 rings (SSSR count). The Morgan fingerprint density at radius 3 is 2.62 bits per heavy atom. The molecule has 5 aliphatic rings. The highest BCUT2D eigenvalue weighted by Crippen LogP contribution is 2.76. The molecule has 3 bridgehead atoms. The van der Waals surface area contributed by atoms with Crippen LogP contribution in [0.5, 0.6) is 0 Å². The van der Waals surface area contributed by atoms with Gasteiger partial charge in [0.15, 0.2) is 0 Å². The smallest absolute Gasteiger partial charge is 0.306 e. The third kappa shape index (κ3) is 2.44. The molecule has 1 unspecified atom stereocenters. The van der Waals surface area contributed by atoms with E-state index in [0.29, 0.717) is 6.42 Å². The second-order valence-corrected chi connectivity index (χ2v) is 12.4. The summed E-state index contributed by atoms with van der Waals surface area (Å²) in [6.45, 7) is 8.56. The number of esters is 2. The average molecular weight is 471 g/mol. The van der Waals surface area contributed by atoms with E-state index in [9.17, 15) is 14.4 Å². The van der Waals surface area contributed by atoms with Crippen LogP contribution in [0.3, 0.4) is 0 Å². The molecule has 1 aromatic rings. The Labute approximate surface area is 199 Å². The molecule has 184 valence electrons. The van der Waals surface area contributed by atoms with E-state index in [-0.39, 0.29) is 71.2 Å². The van der Waals surface area contributed by atoms with Crippen molar-refractivity contribution >= 4 is 17.7 Å². The van der Waals surface area contributed by atoms with Gasteiger partial charge >= 0.3 is 11.9 Å². The fourth-order valence-corrected chi connectivity index (χ4v) is 9.40. The molecule has 3 heterocycles. The minimum atomic E-state index is -0.707. The Bertz CT molecular complexity index is 1060. The van der Waals surface area contributed by atoms with Crippen LogP contribution in [0.25, 0.3) is 0 Å². The largest absolute Gasteiger partial charge is 0.472 e. The van der Waals surface area contributed by atoms with Crippen molar-refractivity contribution in [2.24, 2.45) is 39.9 Å². The fraction of sp³-hybridized carbons (Fsp3) is 0.741. The zero-order valence-corrected chi connectivity index (χ0v) is 20.6. The van der Waals surface area contributed by atoms with E-state index in [2.05, 4.69) is 27.7 Å². The third-order valence-electron chi connectivity index (χ3n) is 10.8. The highest BCUT2D eigenvalue weighted by Gasteiger charge is 2.80. The molecule has 0 aromatic carbocycles. The number of fused-ring (bicyclic) bond motifs is 3. The van der Waals surface area contributed by atoms with Gasteiger partial charge in [-0.1, -0.05) is 27.7 Å². The first-order chi connectivity index (χ1) is 16.0. The van der Waals surface area contributed by atoms with Gasteiger partial charge in [0.1, 0.15) is 11.9 Å².